The molecular weight excluding hydrogens is 514 g/mol. The molecule has 1 aliphatic rings. The zero-order valence-electron chi connectivity index (χ0n) is 22.6. The van der Waals surface area contributed by atoms with Crippen LogP contribution in [0, 0.1) is 17.7 Å². The number of aryl methyl sites for hydroxylation is 1. The van der Waals surface area contributed by atoms with Gasteiger partial charge >= 0.3 is 5.97 Å². The van der Waals surface area contributed by atoms with E-state index in [1.807, 2.05) is 13.8 Å². The number of benzene rings is 2. The first-order valence-corrected chi connectivity index (χ1v) is 12.5. The number of carboxylic acid groups (broad SMARTS) is 1. The van der Waals surface area contributed by atoms with Gasteiger partial charge in [-0.1, -0.05) is 13.8 Å². The van der Waals surface area contributed by atoms with Crippen LogP contribution in [0.5, 0.6) is 5.88 Å². The zero-order valence-corrected chi connectivity index (χ0v) is 22.6. The fourth-order valence-corrected chi connectivity index (χ4v) is 4.46. The Morgan fingerprint density at radius 3 is 2.35 bits per heavy atom. The summed E-state index contributed by atoms with van der Waals surface area (Å²) in [4.78, 5) is 43.3. The minimum atomic E-state index is -1.27. The number of pyridine rings is 1. The lowest BCUT2D eigenvalue weighted by Crippen LogP contribution is -2.44. The monoisotopic (exact) mass is 545 g/mol. The molecule has 1 saturated heterocycles. The number of amides is 2. The lowest BCUT2D eigenvalue weighted by molar-refractivity contribution is 0.0697. The number of carbonyl (C=O) groups is 3. The number of anilines is 1. The molecule has 6 N–H and O–H groups in total. The smallest absolute Gasteiger partial charge is 0.336 e. The Bertz CT molecular complexity index is 1500. The number of nitrogen functional groups attached to an aromatic ring is 1. The first kappa shape index (κ1) is 28.2. The van der Waals surface area contributed by atoms with Gasteiger partial charge in [-0.05, 0) is 60.5 Å². The molecule has 11 heteroatoms. The molecule has 2 heterocycles. The van der Waals surface area contributed by atoms with Gasteiger partial charge in [0.1, 0.15) is 11.5 Å². The minimum Gasteiger partial charge on any atom is -0.481 e. The molecule has 0 unspecified atom stereocenters. The van der Waals surface area contributed by atoms with E-state index in [0.717, 1.165) is 0 Å². The van der Waals surface area contributed by atoms with Crippen molar-refractivity contribution in [1.82, 2.24) is 10.3 Å². The zero-order chi connectivity index (χ0) is 29.2. The van der Waals surface area contributed by atoms with Crippen LogP contribution in [-0.4, -0.2) is 60.1 Å². The molecule has 1 aromatic heterocycles. The van der Waals surface area contributed by atoms with Gasteiger partial charge in [0.15, 0.2) is 0 Å². The van der Waals surface area contributed by atoms with Crippen LogP contribution in [0.3, 0.4) is 0 Å². The Kier molecular flexibility index (Phi) is 7.87. The standard InChI is InChI=1S/C29H31N5O6/c1-15-11-20(21(28(37)38)12-19(15)26(35)33-22-13-40-14-29(22,2)3)18-9-10-23(39-4)34-24(18)27(36)32-17-7-5-16(6-8-17)25(30)31/h5-12,22H,13-14H2,1-4H3,(H3,30,31)(H,32,36)(H,33,35)(H,37,38)/t22-/m1/s1. The predicted molar refractivity (Wildman–Crippen MR) is 149 cm³/mol. The molecule has 0 spiro atoms. The molecule has 11 nitrogen and oxygen atoms in total. The number of amidine groups is 1. The fourth-order valence-electron chi connectivity index (χ4n) is 4.46. The molecule has 1 fully saturated rings. The lowest BCUT2D eigenvalue weighted by Gasteiger charge is -2.26. The molecule has 0 bridgehead atoms. The Morgan fingerprint density at radius 2 is 1.77 bits per heavy atom. The SMILES string of the molecule is COc1ccc(-c2cc(C)c(C(=O)N[C@@H]3COCC3(C)C)cc2C(=O)O)c(C(=O)Nc2ccc(C(=N)N)cc2)n1. The van der Waals surface area contributed by atoms with Crippen molar-refractivity contribution in [2.24, 2.45) is 11.1 Å². The van der Waals surface area contributed by atoms with Crippen molar-refractivity contribution in [1.29, 1.82) is 5.41 Å². The summed E-state index contributed by atoms with van der Waals surface area (Å²) in [6.07, 6.45) is 0. The largest absolute Gasteiger partial charge is 0.481 e. The van der Waals surface area contributed by atoms with Gasteiger partial charge in [0.2, 0.25) is 5.88 Å². The third-order valence-corrected chi connectivity index (χ3v) is 6.88. The average molecular weight is 546 g/mol. The van der Waals surface area contributed by atoms with Gasteiger partial charge in [-0.3, -0.25) is 15.0 Å². The summed E-state index contributed by atoms with van der Waals surface area (Å²) < 4.78 is 10.7. The number of carboxylic acids is 1. The van der Waals surface area contributed by atoms with Gasteiger partial charge in [0, 0.05) is 33.9 Å². The number of carbonyl (C=O) groups excluding carboxylic acids is 2. The highest BCUT2D eigenvalue weighted by Gasteiger charge is 2.37. The molecular formula is C29H31N5O6. The maximum absolute atomic E-state index is 13.4. The second-order valence-corrected chi connectivity index (χ2v) is 10.2. The summed E-state index contributed by atoms with van der Waals surface area (Å²) in [7, 11) is 1.40. The van der Waals surface area contributed by atoms with E-state index in [2.05, 4.69) is 15.6 Å². The number of hydrogen-bond donors (Lipinski definition) is 5. The van der Waals surface area contributed by atoms with Crippen LogP contribution in [-0.2, 0) is 4.74 Å². The van der Waals surface area contributed by atoms with Crippen LogP contribution in [0.25, 0.3) is 11.1 Å². The minimum absolute atomic E-state index is 0.0704. The van der Waals surface area contributed by atoms with Crippen LogP contribution in [0.2, 0.25) is 0 Å². The molecule has 208 valence electrons. The molecule has 40 heavy (non-hydrogen) atoms. The number of nitrogens with two attached hydrogens (primary N) is 1. The first-order chi connectivity index (χ1) is 18.9. The van der Waals surface area contributed by atoms with E-state index in [0.29, 0.717) is 30.0 Å². The average Bonchev–Trinajstić information content (AvgIpc) is 3.25. The second kappa shape index (κ2) is 11.1. The van der Waals surface area contributed by atoms with E-state index in [4.69, 9.17) is 20.6 Å². The number of nitrogens with zero attached hydrogens (tertiary/aromatic N) is 1. The summed E-state index contributed by atoms with van der Waals surface area (Å²) in [5.41, 5.74) is 7.12. The van der Waals surface area contributed by atoms with Gasteiger partial charge in [-0.25, -0.2) is 9.78 Å². The molecule has 0 aliphatic carbocycles. The Labute approximate surface area is 231 Å². The quantitative estimate of drug-likeness (QED) is 0.211. The number of aromatic carboxylic acids is 1. The van der Waals surface area contributed by atoms with E-state index in [9.17, 15) is 19.5 Å². The van der Waals surface area contributed by atoms with Crippen LogP contribution in [0.4, 0.5) is 5.69 Å². The number of methoxy groups -OCH3 is 1. The Morgan fingerprint density at radius 1 is 1.07 bits per heavy atom. The van der Waals surface area contributed by atoms with Crippen molar-refractivity contribution >= 4 is 29.3 Å². The van der Waals surface area contributed by atoms with Crippen molar-refractivity contribution in [2.45, 2.75) is 26.8 Å². The number of nitrogens with one attached hydrogen (secondary N) is 3. The van der Waals surface area contributed by atoms with E-state index < -0.39 is 17.8 Å². The third-order valence-electron chi connectivity index (χ3n) is 6.88. The highest BCUT2D eigenvalue weighted by Crippen LogP contribution is 2.32. The number of ether oxygens (including phenoxy) is 2. The van der Waals surface area contributed by atoms with Gasteiger partial charge in [-0.15, -0.1) is 0 Å². The van der Waals surface area contributed by atoms with Crippen molar-refractivity contribution in [3.8, 4) is 17.0 Å². The molecule has 3 aromatic rings. The van der Waals surface area contributed by atoms with Crippen LogP contribution >= 0.6 is 0 Å². The Balaban J connectivity index is 1.73. The van der Waals surface area contributed by atoms with Gasteiger partial charge < -0.3 is 30.9 Å². The van der Waals surface area contributed by atoms with Crippen LogP contribution in [0.15, 0.2) is 48.5 Å². The summed E-state index contributed by atoms with van der Waals surface area (Å²) >= 11 is 0. The fraction of sp³-hybridized carbons (Fsp3) is 0.276. The van der Waals surface area contributed by atoms with Crippen LogP contribution < -0.4 is 21.1 Å². The van der Waals surface area contributed by atoms with Crippen molar-refractivity contribution in [2.75, 3.05) is 25.6 Å². The molecule has 2 amide bonds. The van der Waals surface area contributed by atoms with Crippen molar-refractivity contribution in [3.05, 3.63) is 76.5 Å². The maximum Gasteiger partial charge on any atom is 0.336 e. The number of hydrogen-bond acceptors (Lipinski definition) is 7. The summed E-state index contributed by atoms with van der Waals surface area (Å²) in [6, 6.07) is 12.1. The normalized spacial score (nSPS) is 15.8. The molecule has 1 atom stereocenters. The lowest BCUT2D eigenvalue weighted by atomic mass is 9.87. The topological polar surface area (TPSA) is 177 Å². The van der Waals surface area contributed by atoms with E-state index >= 15 is 0 Å². The highest BCUT2D eigenvalue weighted by molar-refractivity contribution is 6.10. The highest BCUT2D eigenvalue weighted by atomic mass is 16.5. The molecule has 1 aliphatic heterocycles. The van der Waals surface area contributed by atoms with E-state index in [-0.39, 0.29) is 51.1 Å². The van der Waals surface area contributed by atoms with E-state index in [1.54, 1.807) is 43.3 Å². The number of rotatable bonds is 8. The Hall–Kier alpha value is -4.77. The van der Waals surface area contributed by atoms with Gasteiger partial charge in [0.05, 0.1) is 31.9 Å². The third kappa shape index (κ3) is 5.79. The molecule has 2 aromatic carbocycles. The first-order valence-electron chi connectivity index (χ1n) is 12.5. The number of aromatic nitrogens is 1. The second-order valence-electron chi connectivity index (χ2n) is 10.2. The van der Waals surface area contributed by atoms with E-state index in [1.165, 1.54) is 19.2 Å². The van der Waals surface area contributed by atoms with Gasteiger partial charge in [0.25, 0.3) is 11.8 Å². The summed E-state index contributed by atoms with van der Waals surface area (Å²) in [5.74, 6) is -2.23. The predicted octanol–water partition coefficient (Wildman–Crippen LogP) is 3.45. The van der Waals surface area contributed by atoms with Gasteiger partial charge in [-0.2, -0.15) is 0 Å². The summed E-state index contributed by atoms with van der Waals surface area (Å²) in [5, 5.41) is 23.3. The molecule has 4 rings (SSSR count). The van der Waals surface area contributed by atoms with Crippen LogP contribution in [0.1, 0.15) is 56.2 Å². The van der Waals surface area contributed by atoms with Crippen molar-refractivity contribution < 1.29 is 29.0 Å². The maximum atomic E-state index is 13.4. The molecule has 0 saturated carbocycles. The molecule has 0 radical (unpaired) electrons. The van der Waals surface area contributed by atoms with Crippen molar-refractivity contribution in [3.63, 3.8) is 0 Å². The summed E-state index contributed by atoms with van der Waals surface area (Å²) in [6.45, 7) is 6.56.